The molecule has 1 rings (SSSR count). The Morgan fingerprint density at radius 3 is 2.39 bits per heavy atom. The molecule has 8 heteroatoms. The number of aliphatic imine (C=N–C) groups is 1. The number of hydrogen-bond donors (Lipinski definition) is 2. The fraction of sp³-hybridized carbons (Fsp3) is 0.467. The summed E-state index contributed by atoms with van der Waals surface area (Å²) in [5.74, 6) is -1.16. The minimum atomic E-state index is -3.59. The Kier molecular flexibility index (Phi) is 6.56. The topological polar surface area (TPSA) is 125 Å². The third kappa shape index (κ3) is 4.95. The van der Waals surface area contributed by atoms with E-state index in [1.807, 2.05) is 0 Å². The molecule has 0 aliphatic heterocycles. The Morgan fingerprint density at radius 2 is 1.91 bits per heavy atom. The van der Waals surface area contributed by atoms with Crippen LogP contribution in [0.15, 0.2) is 22.0 Å². The summed E-state index contributed by atoms with van der Waals surface area (Å²) in [6.07, 6.45) is 4.53. The summed E-state index contributed by atoms with van der Waals surface area (Å²) >= 11 is 0. The monoisotopic (exact) mass is 341 g/mol. The number of aryl methyl sites for hydroxylation is 1. The molecule has 0 radical (unpaired) electrons. The van der Waals surface area contributed by atoms with Crippen molar-refractivity contribution in [3.63, 3.8) is 0 Å². The number of amides is 1. The van der Waals surface area contributed by atoms with E-state index in [2.05, 4.69) is 11.9 Å². The van der Waals surface area contributed by atoms with Gasteiger partial charge >= 0.3 is 0 Å². The maximum absolute atomic E-state index is 12.2. The van der Waals surface area contributed by atoms with Gasteiger partial charge in [0.05, 0.1) is 12.7 Å². The molecule has 0 heterocycles. The van der Waals surface area contributed by atoms with E-state index in [9.17, 15) is 13.2 Å². The summed E-state index contributed by atoms with van der Waals surface area (Å²) in [4.78, 5) is 15.5. The van der Waals surface area contributed by atoms with Crippen LogP contribution in [0, 0.1) is 0 Å². The van der Waals surface area contributed by atoms with Crippen LogP contribution in [-0.2, 0) is 16.3 Å². The highest BCUT2D eigenvalue weighted by Crippen LogP contribution is 2.33. The van der Waals surface area contributed by atoms with Crippen LogP contribution >= 0.6 is 0 Å². The maximum atomic E-state index is 12.2. The zero-order valence-corrected chi connectivity index (χ0v) is 14.4. The van der Waals surface area contributed by atoms with Gasteiger partial charge in [-0.05, 0) is 24.5 Å². The Balaban J connectivity index is 3.49. The molecule has 0 atom stereocenters. The van der Waals surface area contributed by atoms with Crippen molar-refractivity contribution >= 4 is 21.7 Å². The van der Waals surface area contributed by atoms with Crippen LogP contribution in [0.25, 0.3) is 0 Å². The van der Waals surface area contributed by atoms with Crippen LogP contribution in [-0.4, -0.2) is 33.7 Å². The van der Waals surface area contributed by atoms with Crippen LogP contribution in [0.4, 0.5) is 0 Å². The molecule has 0 saturated carbocycles. The average molecular weight is 341 g/mol. The van der Waals surface area contributed by atoms with Crippen molar-refractivity contribution in [2.24, 2.45) is 16.5 Å². The second-order valence-corrected chi connectivity index (χ2v) is 7.16. The van der Waals surface area contributed by atoms with Crippen molar-refractivity contribution in [3.8, 4) is 5.75 Å². The standard InChI is InChI=1S/C15H23N3O4S/c1-4-5-6-7-10-8-9-11(14(19)18-15(16)17)12(22-2)13(10)23(3,20)21/h8-9H,4-7H2,1-3H3,(H4,16,17,18,19). The Morgan fingerprint density at radius 1 is 1.26 bits per heavy atom. The van der Waals surface area contributed by atoms with Gasteiger partial charge in [0.25, 0.3) is 5.91 Å². The molecular weight excluding hydrogens is 318 g/mol. The lowest BCUT2D eigenvalue weighted by molar-refractivity contribution is 0.0999. The smallest absolute Gasteiger partial charge is 0.283 e. The number of methoxy groups -OCH3 is 1. The second-order valence-electron chi connectivity index (χ2n) is 5.21. The predicted octanol–water partition coefficient (Wildman–Crippen LogP) is 1.25. The third-order valence-corrected chi connectivity index (χ3v) is 4.47. The van der Waals surface area contributed by atoms with E-state index in [-0.39, 0.29) is 16.2 Å². The zero-order chi connectivity index (χ0) is 17.6. The van der Waals surface area contributed by atoms with Crippen LogP contribution < -0.4 is 16.2 Å². The molecule has 0 aliphatic carbocycles. The molecule has 23 heavy (non-hydrogen) atoms. The van der Waals surface area contributed by atoms with Gasteiger partial charge in [0.2, 0.25) is 0 Å². The van der Waals surface area contributed by atoms with Crippen molar-refractivity contribution in [3.05, 3.63) is 23.3 Å². The number of guanidine groups is 1. The third-order valence-electron chi connectivity index (χ3n) is 3.28. The first kappa shape index (κ1) is 19.0. The highest BCUT2D eigenvalue weighted by atomic mass is 32.2. The minimum Gasteiger partial charge on any atom is -0.495 e. The number of hydrogen-bond acceptors (Lipinski definition) is 4. The van der Waals surface area contributed by atoms with Crippen LogP contribution in [0.2, 0.25) is 0 Å². The van der Waals surface area contributed by atoms with E-state index >= 15 is 0 Å². The van der Waals surface area contributed by atoms with E-state index in [1.165, 1.54) is 13.2 Å². The molecule has 1 amide bonds. The lowest BCUT2D eigenvalue weighted by atomic mass is 10.0. The van der Waals surface area contributed by atoms with Crippen molar-refractivity contribution in [2.45, 2.75) is 37.5 Å². The molecule has 0 bridgehead atoms. The molecule has 1 aromatic carbocycles. The molecule has 4 N–H and O–H groups in total. The highest BCUT2D eigenvalue weighted by molar-refractivity contribution is 7.90. The van der Waals surface area contributed by atoms with E-state index < -0.39 is 21.7 Å². The first-order valence-corrected chi connectivity index (χ1v) is 9.15. The molecule has 1 aromatic rings. The average Bonchev–Trinajstić information content (AvgIpc) is 2.44. The number of sulfone groups is 1. The summed E-state index contributed by atoms with van der Waals surface area (Å²) in [7, 11) is -2.27. The molecule has 0 fully saturated rings. The number of carbonyl (C=O) groups excluding carboxylic acids is 1. The molecule has 0 aromatic heterocycles. The number of nitrogens with zero attached hydrogens (tertiary/aromatic N) is 1. The van der Waals surface area contributed by atoms with Crippen molar-refractivity contribution in [2.75, 3.05) is 13.4 Å². The van der Waals surface area contributed by atoms with Gasteiger partial charge in [-0.15, -0.1) is 0 Å². The van der Waals surface area contributed by atoms with Crippen molar-refractivity contribution < 1.29 is 17.9 Å². The molecule has 0 aliphatic rings. The SMILES string of the molecule is CCCCCc1ccc(C(=O)N=C(N)N)c(OC)c1S(C)(=O)=O. The van der Waals surface area contributed by atoms with E-state index in [4.69, 9.17) is 16.2 Å². The van der Waals surface area contributed by atoms with Gasteiger partial charge in [-0.1, -0.05) is 25.8 Å². The largest absolute Gasteiger partial charge is 0.495 e. The summed E-state index contributed by atoms with van der Waals surface area (Å²) < 4.78 is 29.6. The van der Waals surface area contributed by atoms with Crippen molar-refractivity contribution in [1.82, 2.24) is 0 Å². The minimum absolute atomic E-state index is 0.0144. The van der Waals surface area contributed by atoms with Crippen LogP contribution in [0.3, 0.4) is 0 Å². The summed E-state index contributed by atoms with van der Waals surface area (Å²) in [6, 6.07) is 3.10. The van der Waals surface area contributed by atoms with Gasteiger partial charge in [0.1, 0.15) is 4.90 Å². The molecule has 128 valence electrons. The van der Waals surface area contributed by atoms with Gasteiger partial charge in [-0.25, -0.2) is 8.42 Å². The molecule has 7 nitrogen and oxygen atoms in total. The normalized spacial score (nSPS) is 11.1. The second kappa shape index (κ2) is 7.96. The summed E-state index contributed by atoms with van der Waals surface area (Å²) in [6.45, 7) is 2.06. The summed E-state index contributed by atoms with van der Waals surface area (Å²) in [5.41, 5.74) is 11.0. The Hall–Kier alpha value is -2.09. The predicted molar refractivity (Wildman–Crippen MR) is 89.5 cm³/mol. The Bertz CT molecular complexity index is 708. The quantitative estimate of drug-likeness (QED) is 0.437. The fourth-order valence-electron chi connectivity index (χ4n) is 2.32. The highest BCUT2D eigenvalue weighted by Gasteiger charge is 2.25. The molecule has 0 spiro atoms. The number of benzene rings is 1. The Labute approximate surface area is 136 Å². The van der Waals surface area contributed by atoms with Gasteiger partial charge in [-0.3, -0.25) is 4.79 Å². The number of rotatable bonds is 7. The number of nitrogens with two attached hydrogens (primary N) is 2. The number of unbranched alkanes of at least 4 members (excludes halogenated alkanes) is 2. The fourth-order valence-corrected chi connectivity index (χ4v) is 3.50. The molecule has 0 saturated heterocycles. The lowest BCUT2D eigenvalue weighted by Gasteiger charge is -2.15. The van der Waals surface area contributed by atoms with Gasteiger partial charge in [-0.2, -0.15) is 4.99 Å². The number of carbonyl (C=O) groups is 1. The van der Waals surface area contributed by atoms with E-state index in [0.717, 1.165) is 25.5 Å². The van der Waals surface area contributed by atoms with Crippen LogP contribution in [0.1, 0.15) is 42.1 Å². The van der Waals surface area contributed by atoms with E-state index in [1.54, 1.807) is 6.07 Å². The van der Waals surface area contributed by atoms with E-state index in [0.29, 0.717) is 12.0 Å². The van der Waals surface area contributed by atoms with Gasteiger partial charge in [0.15, 0.2) is 21.5 Å². The summed E-state index contributed by atoms with van der Waals surface area (Å²) in [5, 5.41) is 0. The van der Waals surface area contributed by atoms with Gasteiger partial charge < -0.3 is 16.2 Å². The molecular formula is C15H23N3O4S. The lowest BCUT2D eigenvalue weighted by Crippen LogP contribution is -2.24. The molecule has 0 unspecified atom stereocenters. The maximum Gasteiger partial charge on any atom is 0.283 e. The van der Waals surface area contributed by atoms with Gasteiger partial charge in [0, 0.05) is 6.26 Å². The first-order chi connectivity index (χ1) is 10.7. The first-order valence-electron chi connectivity index (χ1n) is 7.26. The number of ether oxygens (including phenoxy) is 1. The van der Waals surface area contributed by atoms with Crippen LogP contribution in [0.5, 0.6) is 5.75 Å². The zero-order valence-electron chi connectivity index (χ0n) is 13.6. The van der Waals surface area contributed by atoms with Crippen molar-refractivity contribution in [1.29, 1.82) is 0 Å².